The van der Waals surface area contributed by atoms with E-state index < -0.39 is 0 Å². The van der Waals surface area contributed by atoms with Crippen LogP contribution in [0.3, 0.4) is 0 Å². The van der Waals surface area contributed by atoms with Crippen molar-refractivity contribution in [3.8, 4) is 0 Å². The van der Waals surface area contributed by atoms with Gasteiger partial charge in [0, 0.05) is 11.8 Å². The van der Waals surface area contributed by atoms with Crippen LogP contribution in [0.5, 0.6) is 0 Å². The number of aromatic nitrogens is 2. The lowest BCUT2D eigenvalue weighted by atomic mass is 9.88. The summed E-state index contributed by atoms with van der Waals surface area (Å²) in [6.45, 7) is 4.09. The van der Waals surface area contributed by atoms with E-state index >= 15 is 0 Å². The SMILES string of the molecule is CC(C)C(C(=O)Nc1nc2ccc(CC(=O)c3cscn3)cc2s1)c1ccccc1. The van der Waals surface area contributed by atoms with E-state index in [1.807, 2.05) is 62.4 Å². The van der Waals surface area contributed by atoms with Crippen LogP contribution >= 0.6 is 22.7 Å². The van der Waals surface area contributed by atoms with Gasteiger partial charge in [-0.25, -0.2) is 9.97 Å². The van der Waals surface area contributed by atoms with Gasteiger partial charge in [0.1, 0.15) is 5.69 Å². The van der Waals surface area contributed by atoms with Gasteiger partial charge in [-0.05, 0) is 29.2 Å². The van der Waals surface area contributed by atoms with E-state index in [1.165, 1.54) is 22.7 Å². The van der Waals surface area contributed by atoms with Gasteiger partial charge in [0.05, 0.1) is 21.6 Å². The molecule has 5 nitrogen and oxygen atoms in total. The molecule has 0 aliphatic rings. The number of hydrogen-bond donors (Lipinski definition) is 1. The molecule has 30 heavy (non-hydrogen) atoms. The number of carbonyl (C=O) groups excluding carboxylic acids is 2. The highest BCUT2D eigenvalue weighted by Crippen LogP contribution is 2.30. The molecule has 4 aromatic rings. The van der Waals surface area contributed by atoms with Crippen molar-refractivity contribution in [2.75, 3.05) is 5.32 Å². The van der Waals surface area contributed by atoms with Crippen LogP contribution in [-0.2, 0) is 11.2 Å². The second-order valence-corrected chi connectivity index (χ2v) is 9.17. The number of Topliss-reactive ketones (excluding diaryl/α,β-unsaturated/α-hetero) is 1. The van der Waals surface area contributed by atoms with Crippen LogP contribution in [0.25, 0.3) is 10.2 Å². The molecule has 2 aromatic carbocycles. The maximum Gasteiger partial charge on any atom is 0.233 e. The maximum absolute atomic E-state index is 13.0. The average molecular weight is 436 g/mol. The summed E-state index contributed by atoms with van der Waals surface area (Å²) in [4.78, 5) is 33.9. The third-order valence-corrected chi connectivity index (χ3v) is 6.39. The molecule has 1 N–H and O–H groups in total. The number of anilines is 1. The van der Waals surface area contributed by atoms with Gasteiger partial charge in [-0.3, -0.25) is 9.59 Å². The molecule has 0 bridgehead atoms. The molecule has 4 rings (SSSR count). The topological polar surface area (TPSA) is 72.0 Å². The van der Waals surface area contributed by atoms with Gasteiger partial charge in [0.2, 0.25) is 5.91 Å². The van der Waals surface area contributed by atoms with Crippen LogP contribution in [0.1, 0.15) is 41.4 Å². The minimum Gasteiger partial charge on any atom is -0.301 e. The van der Waals surface area contributed by atoms with E-state index in [1.54, 1.807) is 10.9 Å². The van der Waals surface area contributed by atoms with Crippen molar-refractivity contribution < 1.29 is 9.59 Å². The van der Waals surface area contributed by atoms with E-state index in [0.717, 1.165) is 21.3 Å². The molecule has 0 radical (unpaired) electrons. The minimum atomic E-state index is -0.246. The van der Waals surface area contributed by atoms with Gasteiger partial charge in [0.15, 0.2) is 10.9 Å². The van der Waals surface area contributed by atoms with Crippen LogP contribution in [0.2, 0.25) is 0 Å². The van der Waals surface area contributed by atoms with Crippen molar-refractivity contribution in [3.63, 3.8) is 0 Å². The molecule has 0 fully saturated rings. The number of amides is 1. The number of hydrogen-bond acceptors (Lipinski definition) is 6. The van der Waals surface area contributed by atoms with Crippen LogP contribution in [0.15, 0.2) is 59.4 Å². The summed E-state index contributed by atoms with van der Waals surface area (Å²) < 4.78 is 0.940. The molecular formula is C23H21N3O2S2. The number of thiazole rings is 2. The number of rotatable bonds is 7. The zero-order valence-corrected chi connectivity index (χ0v) is 18.3. The summed E-state index contributed by atoms with van der Waals surface area (Å²) in [5, 5.41) is 5.32. The lowest BCUT2D eigenvalue weighted by Crippen LogP contribution is -2.25. The Morgan fingerprint density at radius 3 is 2.60 bits per heavy atom. The molecule has 0 spiro atoms. The number of carbonyl (C=O) groups is 2. The van der Waals surface area contributed by atoms with Crippen molar-refractivity contribution in [3.05, 3.63) is 76.2 Å². The van der Waals surface area contributed by atoms with E-state index in [2.05, 4.69) is 15.3 Å². The monoisotopic (exact) mass is 435 g/mol. The zero-order valence-electron chi connectivity index (χ0n) is 16.7. The Kier molecular flexibility index (Phi) is 6.01. The highest BCUT2D eigenvalue weighted by molar-refractivity contribution is 7.22. The van der Waals surface area contributed by atoms with E-state index in [4.69, 9.17) is 0 Å². The lowest BCUT2D eigenvalue weighted by molar-refractivity contribution is -0.118. The molecule has 1 unspecified atom stereocenters. The average Bonchev–Trinajstić information content (AvgIpc) is 3.38. The summed E-state index contributed by atoms with van der Waals surface area (Å²) >= 11 is 2.83. The number of benzene rings is 2. The molecule has 0 saturated heterocycles. The van der Waals surface area contributed by atoms with Crippen LogP contribution in [-0.4, -0.2) is 21.7 Å². The quantitative estimate of drug-likeness (QED) is 0.386. The lowest BCUT2D eigenvalue weighted by Gasteiger charge is -2.19. The molecule has 7 heteroatoms. The molecule has 0 aliphatic heterocycles. The molecule has 1 amide bonds. The summed E-state index contributed by atoms with van der Waals surface area (Å²) in [6, 6.07) is 15.6. The third-order valence-electron chi connectivity index (χ3n) is 4.87. The summed E-state index contributed by atoms with van der Waals surface area (Å²) in [6.07, 6.45) is 0.294. The van der Waals surface area contributed by atoms with Crippen molar-refractivity contribution >= 4 is 49.7 Å². The molecule has 0 saturated carbocycles. The predicted octanol–water partition coefficient (Wildman–Crippen LogP) is 5.56. The van der Waals surface area contributed by atoms with Gasteiger partial charge in [-0.2, -0.15) is 0 Å². The third kappa shape index (κ3) is 4.47. The Labute approximate surface area is 182 Å². The Bertz CT molecular complexity index is 1170. The molecule has 0 aliphatic carbocycles. The smallest absolute Gasteiger partial charge is 0.233 e. The van der Waals surface area contributed by atoms with E-state index in [-0.39, 0.29) is 23.5 Å². The Morgan fingerprint density at radius 2 is 1.90 bits per heavy atom. The number of nitrogens with one attached hydrogen (secondary N) is 1. The fraction of sp³-hybridized carbons (Fsp3) is 0.217. The largest absolute Gasteiger partial charge is 0.301 e. The standard InChI is InChI=1S/C23H21N3O2S2/c1-14(2)21(16-6-4-3-5-7-16)22(28)26-23-25-17-9-8-15(11-20(17)30-23)10-19(27)18-12-29-13-24-18/h3-9,11-14,21H,10H2,1-2H3,(H,25,26,28). The summed E-state index contributed by atoms with van der Waals surface area (Å²) in [7, 11) is 0. The van der Waals surface area contributed by atoms with Crippen LogP contribution in [0, 0.1) is 5.92 Å². The number of nitrogens with zero attached hydrogens (tertiary/aromatic N) is 2. The molecule has 2 aromatic heterocycles. The van der Waals surface area contributed by atoms with Gasteiger partial charge in [-0.1, -0.05) is 61.6 Å². The minimum absolute atomic E-state index is 0.00345. The van der Waals surface area contributed by atoms with Crippen molar-refractivity contribution in [2.45, 2.75) is 26.2 Å². The number of ketones is 1. The first-order valence-electron chi connectivity index (χ1n) is 9.68. The molecular weight excluding hydrogens is 414 g/mol. The first kappa shape index (κ1) is 20.4. The second kappa shape index (κ2) is 8.85. The van der Waals surface area contributed by atoms with E-state index in [0.29, 0.717) is 17.2 Å². The van der Waals surface area contributed by atoms with Crippen LogP contribution < -0.4 is 5.32 Å². The Hall–Kier alpha value is -2.90. The second-order valence-electron chi connectivity index (χ2n) is 7.42. The predicted molar refractivity (Wildman–Crippen MR) is 122 cm³/mol. The van der Waals surface area contributed by atoms with Gasteiger partial charge in [0.25, 0.3) is 0 Å². The number of fused-ring (bicyclic) bond motifs is 1. The summed E-state index contributed by atoms with van der Waals surface area (Å²) in [5.74, 6) is -0.153. The highest BCUT2D eigenvalue weighted by atomic mass is 32.1. The fourth-order valence-corrected chi connectivity index (χ4v) is 4.93. The van der Waals surface area contributed by atoms with Crippen molar-refractivity contribution in [2.24, 2.45) is 5.92 Å². The Balaban J connectivity index is 1.52. The molecule has 1 atom stereocenters. The van der Waals surface area contributed by atoms with Gasteiger partial charge >= 0.3 is 0 Å². The first-order chi connectivity index (χ1) is 14.5. The fourth-order valence-electron chi connectivity index (χ4n) is 3.44. The van der Waals surface area contributed by atoms with Crippen LogP contribution in [0.4, 0.5) is 5.13 Å². The van der Waals surface area contributed by atoms with Gasteiger partial charge in [-0.15, -0.1) is 11.3 Å². The van der Waals surface area contributed by atoms with Gasteiger partial charge < -0.3 is 5.32 Å². The molecule has 152 valence electrons. The summed E-state index contributed by atoms with van der Waals surface area (Å²) in [5.41, 5.74) is 4.87. The normalized spacial score (nSPS) is 12.2. The zero-order chi connectivity index (χ0) is 21.1. The van der Waals surface area contributed by atoms with Crippen molar-refractivity contribution in [1.29, 1.82) is 0 Å². The highest BCUT2D eigenvalue weighted by Gasteiger charge is 2.25. The maximum atomic E-state index is 13.0. The first-order valence-corrected chi connectivity index (χ1v) is 11.4. The molecule has 2 heterocycles. The Morgan fingerprint density at radius 1 is 1.10 bits per heavy atom. The van der Waals surface area contributed by atoms with E-state index in [9.17, 15) is 9.59 Å². The van der Waals surface area contributed by atoms with Crippen molar-refractivity contribution in [1.82, 2.24) is 9.97 Å².